The Morgan fingerprint density at radius 2 is 1.80 bits per heavy atom. The standard InChI is InChI=1S/C21H20ClN3O3S2/c1-12(2)13-7-3-5-9-15(13)28-11-17(26)24-25-21(29)23-20(27)19-18(22)14-8-4-6-10-16(14)30-19/h3-10,12H,11H2,1-2H3,(H,24,26)(H2,23,25,27,29). The van der Waals surface area contributed by atoms with Crippen LogP contribution in [0.1, 0.15) is 35.0 Å². The van der Waals surface area contributed by atoms with E-state index in [1.807, 2.05) is 62.4 Å². The van der Waals surface area contributed by atoms with E-state index in [9.17, 15) is 9.59 Å². The lowest BCUT2D eigenvalue weighted by Gasteiger charge is -2.14. The van der Waals surface area contributed by atoms with Crippen LogP contribution >= 0.6 is 35.2 Å². The van der Waals surface area contributed by atoms with Gasteiger partial charge in [0.25, 0.3) is 11.8 Å². The first-order chi connectivity index (χ1) is 14.4. The van der Waals surface area contributed by atoms with Gasteiger partial charge < -0.3 is 4.74 Å². The molecule has 3 rings (SSSR count). The second kappa shape index (κ2) is 9.88. The third kappa shape index (κ3) is 5.27. The number of hydrogen-bond donors (Lipinski definition) is 3. The third-order valence-electron chi connectivity index (χ3n) is 4.18. The first kappa shape index (κ1) is 22.0. The highest BCUT2D eigenvalue weighted by Crippen LogP contribution is 2.34. The van der Waals surface area contributed by atoms with Crippen LogP contribution in [0.25, 0.3) is 10.1 Å². The van der Waals surface area contributed by atoms with Gasteiger partial charge in [-0.05, 0) is 35.8 Å². The minimum Gasteiger partial charge on any atom is -0.483 e. The molecule has 0 spiro atoms. The van der Waals surface area contributed by atoms with Crippen molar-refractivity contribution in [2.45, 2.75) is 19.8 Å². The molecule has 0 fully saturated rings. The molecule has 0 atom stereocenters. The van der Waals surface area contributed by atoms with Crippen molar-refractivity contribution in [1.29, 1.82) is 0 Å². The zero-order chi connectivity index (χ0) is 21.7. The van der Waals surface area contributed by atoms with E-state index in [4.69, 9.17) is 28.6 Å². The second-order valence-corrected chi connectivity index (χ2v) is 8.52. The maximum absolute atomic E-state index is 12.5. The molecule has 2 amide bonds. The summed E-state index contributed by atoms with van der Waals surface area (Å²) in [7, 11) is 0. The number of amides is 2. The molecule has 2 aromatic carbocycles. The van der Waals surface area contributed by atoms with Crippen LogP contribution in [0.4, 0.5) is 0 Å². The average molecular weight is 462 g/mol. The molecule has 0 unspecified atom stereocenters. The molecule has 6 nitrogen and oxygen atoms in total. The zero-order valence-electron chi connectivity index (χ0n) is 16.3. The van der Waals surface area contributed by atoms with Crippen molar-refractivity contribution in [2.75, 3.05) is 6.61 Å². The van der Waals surface area contributed by atoms with Crippen LogP contribution in [0.5, 0.6) is 5.75 Å². The van der Waals surface area contributed by atoms with Crippen molar-refractivity contribution < 1.29 is 14.3 Å². The minimum atomic E-state index is -0.449. The van der Waals surface area contributed by atoms with Crippen molar-refractivity contribution in [3.05, 3.63) is 64.0 Å². The van der Waals surface area contributed by atoms with Crippen molar-refractivity contribution >= 4 is 62.2 Å². The zero-order valence-corrected chi connectivity index (χ0v) is 18.7. The fraction of sp³-hybridized carbons (Fsp3) is 0.190. The molecule has 0 aliphatic rings. The summed E-state index contributed by atoms with van der Waals surface area (Å²) < 4.78 is 6.50. The number of hydrazine groups is 1. The smallest absolute Gasteiger partial charge is 0.276 e. The van der Waals surface area contributed by atoms with Crippen molar-refractivity contribution in [3.63, 3.8) is 0 Å². The van der Waals surface area contributed by atoms with E-state index in [1.165, 1.54) is 11.3 Å². The maximum Gasteiger partial charge on any atom is 0.276 e. The highest BCUT2D eigenvalue weighted by Gasteiger charge is 2.18. The molecule has 3 aromatic rings. The van der Waals surface area contributed by atoms with Crippen LogP contribution in [-0.4, -0.2) is 23.5 Å². The largest absolute Gasteiger partial charge is 0.483 e. The van der Waals surface area contributed by atoms with Crippen LogP contribution in [0, 0.1) is 0 Å². The number of carbonyl (C=O) groups is 2. The lowest BCUT2D eigenvalue weighted by Crippen LogP contribution is -2.49. The average Bonchev–Trinajstić information content (AvgIpc) is 3.08. The summed E-state index contributed by atoms with van der Waals surface area (Å²) in [5.74, 6) is 0.0314. The summed E-state index contributed by atoms with van der Waals surface area (Å²) >= 11 is 12.6. The summed E-state index contributed by atoms with van der Waals surface area (Å²) in [5.41, 5.74) is 5.91. The molecule has 0 bridgehead atoms. The Balaban J connectivity index is 1.50. The molecule has 1 heterocycles. The van der Waals surface area contributed by atoms with Gasteiger partial charge in [-0.2, -0.15) is 0 Å². The number of thiocarbonyl (C=S) groups is 1. The van der Waals surface area contributed by atoms with Gasteiger partial charge in [-0.1, -0.05) is 61.8 Å². The van der Waals surface area contributed by atoms with Gasteiger partial charge in [-0.25, -0.2) is 0 Å². The Morgan fingerprint density at radius 1 is 1.10 bits per heavy atom. The van der Waals surface area contributed by atoms with Gasteiger partial charge in [0.15, 0.2) is 11.7 Å². The van der Waals surface area contributed by atoms with E-state index >= 15 is 0 Å². The predicted octanol–water partition coefficient (Wildman–Crippen LogP) is 4.39. The Kier molecular flexibility index (Phi) is 7.25. The molecule has 0 saturated heterocycles. The van der Waals surface area contributed by atoms with E-state index in [-0.39, 0.29) is 17.6 Å². The molecular formula is C21H20ClN3O3S2. The molecule has 0 aliphatic carbocycles. The predicted molar refractivity (Wildman–Crippen MR) is 124 cm³/mol. The number of rotatable bonds is 5. The Morgan fingerprint density at radius 3 is 2.53 bits per heavy atom. The van der Waals surface area contributed by atoms with Gasteiger partial charge in [0.2, 0.25) is 0 Å². The fourth-order valence-corrected chi connectivity index (χ4v) is 4.30. The third-order valence-corrected chi connectivity index (χ3v) is 6.06. The summed E-state index contributed by atoms with van der Waals surface area (Å²) in [6.45, 7) is 3.90. The van der Waals surface area contributed by atoms with E-state index in [0.29, 0.717) is 15.6 Å². The van der Waals surface area contributed by atoms with Crippen molar-refractivity contribution in [2.24, 2.45) is 0 Å². The number of ether oxygens (including phenoxy) is 1. The monoisotopic (exact) mass is 461 g/mol. The van der Waals surface area contributed by atoms with E-state index in [0.717, 1.165) is 15.6 Å². The van der Waals surface area contributed by atoms with Crippen LogP contribution in [-0.2, 0) is 4.79 Å². The maximum atomic E-state index is 12.5. The molecule has 30 heavy (non-hydrogen) atoms. The van der Waals surface area contributed by atoms with Gasteiger partial charge in [0.05, 0.1) is 5.02 Å². The SMILES string of the molecule is CC(C)c1ccccc1OCC(=O)NNC(=S)NC(=O)c1sc2ccccc2c1Cl. The van der Waals surface area contributed by atoms with Gasteiger partial charge in [-0.15, -0.1) is 11.3 Å². The Hall–Kier alpha value is -2.68. The highest BCUT2D eigenvalue weighted by atomic mass is 35.5. The lowest BCUT2D eigenvalue weighted by molar-refractivity contribution is -0.123. The van der Waals surface area contributed by atoms with Crippen LogP contribution in [0.2, 0.25) is 5.02 Å². The number of fused-ring (bicyclic) bond motifs is 1. The molecule has 0 aliphatic heterocycles. The highest BCUT2D eigenvalue weighted by molar-refractivity contribution is 7.80. The van der Waals surface area contributed by atoms with Gasteiger partial charge >= 0.3 is 0 Å². The van der Waals surface area contributed by atoms with E-state index in [2.05, 4.69) is 16.2 Å². The topological polar surface area (TPSA) is 79.5 Å². The lowest BCUT2D eigenvalue weighted by atomic mass is 10.0. The van der Waals surface area contributed by atoms with Gasteiger partial charge in [-0.3, -0.25) is 25.8 Å². The Bertz CT molecular complexity index is 1100. The van der Waals surface area contributed by atoms with Gasteiger partial charge in [0, 0.05) is 10.1 Å². The molecular weight excluding hydrogens is 442 g/mol. The molecule has 9 heteroatoms. The van der Waals surface area contributed by atoms with Crippen LogP contribution < -0.4 is 20.9 Å². The first-order valence-electron chi connectivity index (χ1n) is 9.15. The fourth-order valence-electron chi connectivity index (χ4n) is 2.75. The number of nitrogens with one attached hydrogen (secondary N) is 3. The number of carbonyl (C=O) groups excluding carboxylic acids is 2. The summed E-state index contributed by atoms with van der Waals surface area (Å²) in [6, 6.07) is 15.0. The Labute approximate surface area is 188 Å². The number of thiophene rings is 1. The number of hydrogen-bond acceptors (Lipinski definition) is 5. The van der Waals surface area contributed by atoms with Crippen LogP contribution in [0.15, 0.2) is 48.5 Å². The summed E-state index contributed by atoms with van der Waals surface area (Å²) in [4.78, 5) is 24.8. The number of benzene rings is 2. The van der Waals surface area contributed by atoms with E-state index < -0.39 is 11.8 Å². The molecule has 1 aromatic heterocycles. The second-order valence-electron chi connectivity index (χ2n) is 6.68. The molecule has 0 radical (unpaired) electrons. The van der Waals surface area contributed by atoms with Gasteiger partial charge in [0.1, 0.15) is 10.6 Å². The number of halogens is 1. The normalized spacial score (nSPS) is 10.7. The van der Waals surface area contributed by atoms with Crippen molar-refractivity contribution in [3.8, 4) is 5.75 Å². The summed E-state index contributed by atoms with van der Waals surface area (Å²) in [5, 5.41) is 3.63. The van der Waals surface area contributed by atoms with Crippen molar-refractivity contribution in [1.82, 2.24) is 16.2 Å². The molecule has 3 N–H and O–H groups in total. The summed E-state index contributed by atoms with van der Waals surface area (Å²) in [6.07, 6.45) is 0. The quantitative estimate of drug-likeness (QED) is 0.388. The molecule has 156 valence electrons. The van der Waals surface area contributed by atoms with Crippen LogP contribution in [0.3, 0.4) is 0 Å². The number of para-hydroxylation sites is 1. The first-order valence-corrected chi connectivity index (χ1v) is 10.8. The van der Waals surface area contributed by atoms with E-state index in [1.54, 1.807) is 0 Å². The minimum absolute atomic E-state index is 0.0514. The molecule has 0 saturated carbocycles.